The number of carbonyl (C=O) groups is 2. The van der Waals surface area contributed by atoms with Crippen molar-refractivity contribution in [1.82, 2.24) is 19.6 Å². The molecule has 0 radical (unpaired) electrons. The van der Waals surface area contributed by atoms with Crippen molar-refractivity contribution in [3.05, 3.63) is 47.2 Å². The third-order valence-electron chi connectivity index (χ3n) is 4.69. The summed E-state index contributed by atoms with van der Waals surface area (Å²) in [5.41, 5.74) is 1.05. The fourth-order valence-electron chi connectivity index (χ4n) is 3.05. The minimum atomic E-state index is -0.160. The number of amides is 2. The van der Waals surface area contributed by atoms with Crippen molar-refractivity contribution in [1.29, 1.82) is 0 Å². The zero-order chi connectivity index (χ0) is 20.3. The van der Waals surface area contributed by atoms with Gasteiger partial charge in [-0.2, -0.15) is 5.10 Å². The van der Waals surface area contributed by atoms with Crippen LogP contribution < -0.4 is 5.32 Å². The molecule has 1 fully saturated rings. The van der Waals surface area contributed by atoms with E-state index < -0.39 is 0 Å². The SMILES string of the molecule is CC(C)(C)n1cc(C(=O)N2CCN(CC(=O)Nc3ccccc3Cl)CC2)cn1. The van der Waals surface area contributed by atoms with E-state index >= 15 is 0 Å². The largest absolute Gasteiger partial charge is 0.336 e. The first kappa shape index (κ1) is 20.4. The number of rotatable bonds is 4. The Labute approximate surface area is 170 Å². The molecular weight excluding hydrogens is 378 g/mol. The first-order valence-corrected chi connectivity index (χ1v) is 9.73. The fourth-order valence-corrected chi connectivity index (χ4v) is 3.23. The van der Waals surface area contributed by atoms with E-state index in [-0.39, 0.29) is 23.9 Å². The summed E-state index contributed by atoms with van der Waals surface area (Å²) < 4.78 is 1.80. The van der Waals surface area contributed by atoms with Crippen molar-refractivity contribution < 1.29 is 9.59 Å². The first-order chi connectivity index (χ1) is 13.2. The lowest BCUT2D eigenvalue weighted by molar-refractivity contribution is -0.117. The molecule has 1 aromatic heterocycles. The number of hydrogen-bond acceptors (Lipinski definition) is 4. The van der Waals surface area contributed by atoms with Crippen LogP contribution in [0.3, 0.4) is 0 Å². The Morgan fingerprint density at radius 1 is 1.14 bits per heavy atom. The molecule has 2 heterocycles. The van der Waals surface area contributed by atoms with Gasteiger partial charge in [0.2, 0.25) is 5.91 Å². The fraction of sp³-hybridized carbons (Fsp3) is 0.450. The lowest BCUT2D eigenvalue weighted by Gasteiger charge is -2.34. The van der Waals surface area contributed by atoms with Crippen molar-refractivity contribution in [2.45, 2.75) is 26.3 Å². The van der Waals surface area contributed by atoms with Crippen LogP contribution in [-0.4, -0.2) is 64.1 Å². The van der Waals surface area contributed by atoms with Crippen molar-refractivity contribution in [2.75, 3.05) is 38.0 Å². The highest BCUT2D eigenvalue weighted by Gasteiger charge is 2.25. The Kier molecular flexibility index (Phi) is 6.05. The lowest BCUT2D eigenvalue weighted by Crippen LogP contribution is -2.50. The van der Waals surface area contributed by atoms with Gasteiger partial charge in [0, 0.05) is 32.4 Å². The van der Waals surface area contributed by atoms with Crippen LogP contribution in [0.25, 0.3) is 0 Å². The van der Waals surface area contributed by atoms with Gasteiger partial charge in [-0.3, -0.25) is 19.2 Å². The third-order valence-corrected chi connectivity index (χ3v) is 5.02. The first-order valence-electron chi connectivity index (χ1n) is 9.35. The van der Waals surface area contributed by atoms with Crippen LogP contribution >= 0.6 is 11.6 Å². The standard InChI is InChI=1S/C20H26ClN5O2/c1-20(2,3)26-13-15(12-22-26)19(28)25-10-8-24(9-11-25)14-18(27)23-17-7-5-4-6-16(17)21/h4-7,12-13H,8-11,14H2,1-3H3,(H,23,27). The molecule has 7 nitrogen and oxygen atoms in total. The highest BCUT2D eigenvalue weighted by Crippen LogP contribution is 2.20. The number of piperazine rings is 1. The summed E-state index contributed by atoms with van der Waals surface area (Å²) in [6.45, 7) is 8.86. The molecule has 3 rings (SSSR count). The predicted octanol–water partition coefficient (Wildman–Crippen LogP) is 2.69. The average molecular weight is 404 g/mol. The number of benzene rings is 1. The van der Waals surface area contributed by atoms with E-state index in [1.165, 1.54) is 0 Å². The summed E-state index contributed by atoms with van der Waals surface area (Å²) in [6, 6.07) is 7.16. The molecule has 0 bridgehead atoms. The quantitative estimate of drug-likeness (QED) is 0.852. The second-order valence-electron chi connectivity index (χ2n) is 7.94. The molecule has 8 heteroatoms. The number of para-hydroxylation sites is 1. The number of nitrogens with one attached hydrogen (secondary N) is 1. The number of nitrogens with zero attached hydrogens (tertiary/aromatic N) is 4. The van der Waals surface area contributed by atoms with Crippen LogP contribution in [0, 0.1) is 0 Å². The molecule has 2 aromatic rings. The van der Waals surface area contributed by atoms with E-state index in [1.807, 2.05) is 42.7 Å². The summed E-state index contributed by atoms with van der Waals surface area (Å²) in [5.74, 6) is -0.130. The number of halogens is 1. The number of aromatic nitrogens is 2. The van der Waals surface area contributed by atoms with Crippen molar-refractivity contribution in [3.63, 3.8) is 0 Å². The third kappa shape index (κ3) is 4.91. The van der Waals surface area contributed by atoms with E-state index in [0.29, 0.717) is 42.5 Å². The molecule has 0 atom stereocenters. The van der Waals surface area contributed by atoms with Gasteiger partial charge < -0.3 is 10.2 Å². The molecule has 1 aromatic carbocycles. The van der Waals surface area contributed by atoms with E-state index in [2.05, 4.69) is 10.4 Å². The van der Waals surface area contributed by atoms with Crippen LogP contribution in [0.15, 0.2) is 36.7 Å². The Morgan fingerprint density at radius 2 is 1.82 bits per heavy atom. The van der Waals surface area contributed by atoms with Crippen molar-refractivity contribution in [3.8, 4) is 0 Å². The predicted molar refractivity (Wildman–Crippen MR) is 110 cm³/mol. The van der Waals surface area contributed by atoms with Crippen LogP contribution in [0.2, 0.25) is 5.02 Å². The molecule has 1 saturated heterocycles. The van der Waals surface area contributed by atoms with Gasteiger partial charge in [-0.1, -0.05) is 23.7 Å². The molecular formula is C20H26ClN5O2. The molecule has 150 valence electrons. The van der Waals surface area contributed by atoms with Gasteiger partial charge in [0.05, 0.1) is 34.6 Å². The molecule has 1 aliphatic heterocycles. The van der Waals surface area contributed by atoms with Crippen LogP contribution in [0.5, 0.6) is 0 Å². The molecule has 0 saturated carbocycles. The monoisotopic (exact) mass is 403 g/mol. The second-order valence-corrected chi connectivity index (χ2v) is 8.35. The normalized spacial score (nSPS) is 15.5. The minimum absolute atomic E-state index is 0.0179. The van der Waals surface area contributed by atoms with Crippen LogP contribution in [0.4, 0.5) is 5.69 Å². The zero-order valence-corrected chi connectivity index (χ0v) is 17.2. The highest BCUT2D eigenvalue weighted by molar-refractivity contribution is 6.33. The Bertz CT molecular complexity index is 850. The minimum Gasteiger partial charge on any atom is -0.336 e. The zero-order valence-electron chi connectivity index (χ0n) is 16.5. The highest BCUT2D eigenvalue weighted by atomic mass is 35.5. The summed E-state index contributed by atoms with van der Waals surface area (Å²) in [4.78, 5) is 28.8. The summed E-state index contributed by atoms with van der Waals surface area (Å²) in [5, 5.41) is 7.65. The van der Waals surface area contributed by atoms with Gasteiger partial charge in [0.25, 0.3) is 5.91 Å². The van der Waals surface area contributed by atoms with Gasteiger partial charge in [0.15, 0.2) is 0 Å². The maximum Gasteiger partial charge on any atom is 0.257 e. The van der Waals surface area contributed by atoms with Crippen molar-refractivity contribution in [2.24, 2.45) is 0 Å². The van der Waals surface area contributed by atoms with Gasteiger partial charge in [-0.15, -0.1) is 0 Å². The summed E-state index contributed by atoms with van der Waals surface area (Å²) in [7, 11) is 0. The second kappa shape index (κ2) is 8.32. The average Bonchev–Trinajstić information content (AvgIpc) is 3.14. The smallest absolute Gasteiger partial charge is 0.257 e. The molecule has 0 aliphatic carbocycles. The van der Waals surface area contributed by atoms with E-state index in [4.69, 9.17) is 11.6 Å². The van der Waals surface area contributed by atoms with Gasteiger partial charge in [-0.05, 0) is 32.9 Å². The summed E-state index contributed by atoms with van der Waals surface area (Å²) in [6.07, 6.45) is 3.42. The van der Waals surface area contributed by atoms with E-state index in [0.717, 1.165) is 0 Å². The maximum absolute atomic E-state index is 12.7. The molecule has 1 N–H and O–H groups in total. The molecule has 0 spiro atoms. The lowest BCUT2D eigenvalue weighted by atomic mass is 10.1. The van der Waals surface area contributed by atoms with Gasteiger partial charge >= 0.3 is 0 Å². The Morgan fingerprint density at radius 3 is 2.43 bits per heavy atom. The van der Waals surface area contributed by atoms with Crippen molar-refractivity contribution >= 4 is 29.1 Å². The topological polar surface area (TPSA) is 70.5 Å². The van der Waals surface area contributed by atoms with Crippen LogP contribution in [-0.2, 0) is 10.3 Å². The van der Waals surface area contributed by atoms with E-state index in [9.17, 15) is 9.59 Å². The van der Waals surface area contributed by atoms with Gasteiger partial charge in [-0.25, -0.2) is 0 Å². The molecule has 2 amide bonds. The van der Waals surface area contributed by atoms with E-state index in [1.54, 1.807) is 29.2 Å². The Balaban J connectivity index is 1.50. The summed E-state index contributed by atoms with van der Waals surface area (Å²) >= 11 is 6.07. The van der Waals surface area contributed by atoms with Crippen LogP contribution in [0.1, 0.15) is 31.1 Å². The number of anilines is 1. The molecule has 0 unspecified atom stereocenters. The molecule has 1 aliphatic rings. The number of carbonyl (C=O) groups excluding carboxylic acids is 2. The number of hydrogen-bond donors (Lipinski definition) is 1. The maximum atomic E-state index is 12.7. The Hall–Kier alpha value is -2.38. The van der Waals surface area contributed by atoms with Gasteiger partial charge in [0.1, 0.15) is 0 Å². The molecule has 28 heavy (non-hydrogen) atoms.